The molecule has 0 fully saturated rings. The van der Waals surface area contributed by atoms with E-state index in [1.54, 1.807) is 0 Å². The van der Waals surface area contributed by atoms with E-state index in [0.717, 1.165) is 19.3 Å². The van der Waals surface area contributed by atoms with Crippen LogP contribution in [0.3, 0.4) is 0 Å². The van der Waals surface area contributed by atoms with Crippen LogP contribution >= 0.6 is 11.6 Å². The fourth-order valence-electron chi connectivity index (χ4n) is 1.87. The Morgan fingerprint density at radius 3 is 2.79 bits per heavy atom. The Bertz CT molecular complexity index is 428. The zero-order valence-electron chi connectivity index (χ0n) is 10.8. The van der Waals surface area contributed by atoms with Gasteiger partial charge in [-0.2, -0.15) is 0 Å². The molecular formula is C12H18ClN3O3. The highest BCUT2D eigenvalue weighted by Gasteiger charge is 2.16. The van der Waals surface area contributed by atoms with Crippen molar-refractivity contribution < 1.29 is 9.72 Å². The predicted molar refractivity (Wildman–Crippen MR) is 73.5 cm³/mol. The Hall–Kier alpha value is -1.56. The van der Waals surface area contributed by atoms with E-state index in [-0.39, 0.29) is 17.4 Å². The number of nitro groups is 1. The van der Waals surface area contributed by atoms with Gasteiger partial charge in [0.25, 0.3) is 5.91 Å². The Morgan fingerprint density at radius 2 is 2.26 bits per heavy atom. The summed E-state index contributed by atoms with van der Waals surface area (Å²) in [5.41, 5.74) is 0.202. The summed E-state index contributed by atoms with van der Waals surface area (Å²) in [7, 11) is 0. The Kier molecular flexibility index (Phi) is 6.35. The van der Waals surface area contributed by atoms with Gasteiger partial charge in [0.05, 0.1) is 0 Å². The molecule has 0 aliphatic carbocycles. The molecular weight excluding hydrogens is 270 g/mol. The summed E-state index contributed by atoms with van der Waals surface area (Å²) < 4.78 is 0. The quantitative estimate of drug-likeness (QED) is 0.438. The summed E-state index contributed by atoms with van der Waals surface area (Å²) in [4.78, 5) is 24.2. The van der Waals surface area contributed by atoms with E-state index in [1.165, 1.54) is 12.1 Å². The molecule has 1 rings (SSSR count). The summed E-state index contributed by atoms with van der Waals surface area (Å²) in [5.74, 6) is 0.394. The lowest BCUT2D eigenvalue weighted by molar-refractivity contribution is -0.389. The molecule has 0 saturated carbocycles. The molecule has 1 heterocycles. The van der Waals surface area contributed by atoms with Gasteiger partial charge >= 0.3 is 5.82 Å². The maximum Gasteiger partial charge on any atom is 0.321 e. The number of alkyl halides is 1. The van der Waals surface area contributed by atoms with Crippen LogP contribution in [-0.4, -0.2) is 28.2 Å². The van der Waals surface area contributed by atoms with Gasteiger partial charge in [-0.3, -0.25) is 4.79 Å². The van der Waals surface area contributed by atoms with Gasteiger partial charge in [-0.25, -0.2) is 4.98 Å². The van der Waals surface area contributed by atoms with Crippen molar-refractivity contribution in [2.24, 2.45) is 5.92 Å². The second-order valence-corrected chi connectivity index (χ2v) is 4.73. The average Bonchev–Trinajstić information content (AvgIpc) is 2.86. The SMILES string of the molecule is CCCC(CCCl)CNC(=O)c1ccc([N+](=O)[O-])[nH]1. The van der Waals surface area contributed by atoms with Gasteiger partial charge in [0.2, 0.25) is 0 Å². The summed E-state index contributed by atoms with van der Waals surface area (Å²) in [6, 6.07) is 2.68. The van der Waals surface area contributed by atoms with Crippen LogP contribution in [0.5, 0.6) is 0 Å². The maximum atomic E-state index is 11.8. The number of nitrogens with one attached hydrogen (secondary N) is 2. The van der Waals surface area contributed by atoms with Crippen molar-refractivity contribution in [3.8, 4) is 0 Å². The number of aromatic amines is 1. The summed E-state index contributed by atoms with van der Waals surface area (Å²) in [5, 5.41) is 13.3. The van der Waals surface area contributed by atoms with Crippen molar-refractivity contribution in [2.45, 2.75) is 26.2 Å². The molecule has 2 N–H and O–H groups in total. The smallest absolute Gasteiger partial charge is 0.321 e. The molecule has 0 aliphatic rings. The Labute approximate surface area is 116 Å². The number of hydrogen-bond donors (Lipinski definition) is 2. The number of aromatic nitrogens is 1. The lowest BCUT2D eigenvalue weighted by atomic mass is 10.0. The molecule has 0 aromatic carbocycles. The number of carbonyl (C=O) groups is 1. The second kappa shape index (κ2) is 7.78. The molecule has 0 spiro atoms. The Morgan fingerprint density at radius 1 is 1.53 bits per heavy atom. The van der Waals surface area contributed by atoms with Crippen molar-refractivity contribution in [3.63, 3.8) is 0 Å². The topological polar surface area (TPSA) is 88.0 Å². The zero-order chi connectivity index (χ0) is 14.3. The third-order valence-electron chi connectivity index (χ3n) is 2.88. The average molecular weight is 288 g/mol. The van der Waals surface area contributed by atoms with Gasteiger partial charge < -0.3 is 15.4 Å². The number of halogens is 1. The normalized spacial score (nSPS) is 12.1. The number of amides is 1. The van der Waals surface area contributed by atoms with E-state index in [9.17, 15) is 14.9 Å². The first kappa shape index (κ1) is 15.5. The van der Waals surface area contributed by atoms with Crippen molar-refractivity contribution in [2.75, 3.05) is 12.4 Å². The number of H-pyrrole nitrogens is 1. The van der Waals surface area contributed by atoms with Crippen molar-refractivity contribution in [3.05, 3.63) is 27.9 Å². The molecule has 1 unspecified atom stereocenters. The van der Waals surface area contributed by atoms with E-state index in [4.69, 9.17) is 11.6 Å². The first-order chi connectivity index (χ1) is 9.08. The van der Waals surface area contributed by atoms with Crippen LogP contribution in [0.4, 0.5) is 5.82 Å². The van der Waals surface area contributed by atoms with Crippen LogP contribution < -0.4 is 5.32 Å². The first-order valence-electron chi connectivity index (χ1n) is 6.26. The van der Waals surface area contributed by atoms with Crippen LogP contribution in [0.15, 0.2) is 12.1 Å². The molecule has 0 saturated heterocycles. The highest BCUT2D eigenvalue weighted by atomic mass is 35.5. The largest absolute Gasteiger partial charge is 0.358 e. The van der Waals surface area contributed by atoms with Gasteiger partial charge in [0.15, 0.2) is 5.69 Å². The monoisotopic (exact) mass is 287 g/mol. The molecule has 1 amide bonds. The molecule has 1 atom stereocenters. The van der Waals surface area contributed by atoms with Crippen molar-refractivity contribution in [1.29, 1.82) is 0 Å². The second-order valence-electron chi connectivity index (χ2n) is 4.36. The molecule has 0 bridgehead atoms. The van der Waals surface area contributed by atoms with E-state index in [2.05, 4.69) is 17.2 Å². The summed E-state index contributed by atoms with van der Waals surface area (Å²) >= 11 is 5.71. The Balaban J connectivity index is 2.51. The van der Waals surface area contributed by atoms with Gasteiger partial charge in [0, 0.05) is 18.5 Å². The minimum atomic E-state index is -0.565. The fourth-order valence-corrected chi connectivity index (χ4v) is 2.17. The van der Waals surface area contributed by atoms with Gasteiger partial charge in [-0.05, 0) is 29.7 Å². The highest BCUT2D eigenvalue weighted by Crippen LogP contribution is 2.12. The summed E-state index contributed by atoms with van der Waals surface area (Å²) in [6.07, 6.45) is 2.88. The highest BCUT2D eigenvalue weighted by molar-refractivity contribution is 6.17. The van der Waals surface area contributed by atoms with E-state index >= 15 is 0 Å². The first-order valence-corrected chi connectivity index (χ1v) is 6.79. The standard InChI is InChI=1S/C12H18ClN3O3/c1-2-3-9(6-7-13)8-14-12(17)10-4-5-11(15-10)16(18)19/h4-5,9,15H,2-3,6-8H2,1H3,(H,14,17). The third-order valence-corrected chi connectivity index (χ3v) is 3.10. The maximum absolute atomic E-state index is 11.8. The number of nitrogens with zero attached hydrogens (tertiary/aromatic N) is 1. The number of hydrogen-bond acceptors (Lipinski definition) is 3. The lowest BCUT2D eigenvalue weighted by Crippen LogP contribution is -2.29. The molecule has 1 aromatic rings. The van der Waals surface area contributed by atoms with E-state index in [0.29, 0.717) is 18.3 Å². The zero-order valence-corrected chi connectivity index (χ0v) is 11.6. The van der Waals surface area contributed by atoms with Crippen molar-refractivity contribution in [1.82, 2.24) is 10.3 Å². The third kappa shape index (κ3) is 4.90. The van der Waals surface area contributed by atoms with Crippen LogP contribution in [0, 0.1) is 16.0 Å². The lowest BCUT2D eigenvalue weighted by Gasteiger charge is -2.14. The van der Waals surface area contributed by atoms with Gasteiger partial charge in [-0.15, -0.1) is 11.6 Å². The molecule has 7 heteroatoms. The van der Waals surface area contributed by atoms with Crippen LogP contribution in [0.1, 0.15) is 36.7 Å². The fraction of sp³-hybridized carbons (Fsp3) is 0.583. The van der Waals surface area contributed by atoms with Crippen LogP contribution in [-0.2, 0) is 0 Å². The predicted octanol–water partition coefficient (Wildman–Crippen LogP) is 2.70. The van der Waals surface area contributed by atoms with Crippen LogP contribution in [0.2, 0.25) is 0 Å². The van der Waals surface area contributed by atoms with Crippen molar-refractivity contribution >= 4 is 23.3 Å². The summed E-state index contributed by atoms with van der Waals surface area (Å²) in [6.45, 7) is 2.61. The molecule has 106 valence electrons. The minimum Gasteiger partial charge on any atom is -0.358 e. The van der Waals surface area contributed by atoms with E-state index < -0.39 is 4.92 Å². The molecule has 0 radical (unpaired) electrons. The van der Waals surface area contributed by atoms with Crippen LogP contribution in [0.25, 0.3) is 0 Å². The minimum absolute atomic E-state index is 0.184. The molecule has 0 aliphatic heterocycles. The molecule has 6 nitrogen and oxygen atoms in total. The molecule has 1 aromatic heterocycles. The van der Waals surface area contributed by atoms with E-state index in [1.807, 2.05) is 0 Å². The molecule has 19 heavy (non-hydrogen) atoms. The van der Waals surface area contributed by atoms with Gasteiger partial charge in [-0.1, -0.05) is 13.3 Å². The number of carbonyl (C=O) groups excluding carboxylic acids is 1. The number of rotatable bonds is 8. The van der Waals surface area contributed by atoms with Gasteiger partial charge in [0.1, 0.15) is 0 Å².